The highest BCUT2D eigenvalue weighted by molar-refractivity contribution is 6.36. The number of ether oxygens (including phenoxy) is 2. The van der Waals surface area contributed by atoms with Gasteiger partial charge in [-0.15, -0.1) is 0 Å². The third-order valence-electron chi connectivity index (χ3n) is 3.67. The molecule has 2 rings (SSSR count). The molecule has 1 amide bonds. The molecule has 10 heteroatoms. The average Bonchev–Trinajstić information content (AvgIpc) is 3.13. The van der Waals surface area contributed by atoms with E-state index >= 15 is 0 Å². The first-order valence-corrected chi connectivity index (χ1v) is 9.64. The average molecular weight is 443 g/mol. The van der Waals surface area contributed by atoms with E-state index in [9.17, 15) is 14.4 Å². The maximum atomic E-state index is 12.2. The van der Waals surface area contributed by atoms with Gasteiger partial charge in [-0.25, -0.2) is 14.6 Å². The molecule has 8 nitrogen and oxygen atoms in total. The first kappa shape index (κ1) is 22.7. The third kappa shape index (κ3) is 6.47. The first-order chi connectivity index (χ1) is 13.8. The van der Waals surface area contributed by atoms with Crippen molar-refractivity contribution in [3.63, 3.8) is 0 Å². The van der Waals surface area contributed by atoms with Crippen LogP contribution in [0.5, 0.6) is 0 Å². The molecule has 1 aromatic heterocycles. The largest absolute Gasteiger partial charge is 0.464 e. The number of carbonyl (C=O) groups is 3. The number of benzene rings is 1. The molecule has 0 saturated heterocycles. The van der Waals surface area contributed by atoms with Gasteiger partial charge in [-0.05, 0) is 32.0 Å². The third-order valence-corrected chi connectivity index (χ3v) is 4.21. The zero-order valence-corrected chi connectivity index (χ0v) is 17.4. The zero-order valence-electron chi connectivity index (χ0n) is 15.9. The summed E-state index contributed by atoms with van der Waals surface area (Å²) in [6, 6.07) is 3.43. The van der Waals surface area contributed by atoms with Crippen LogP contribution in [-0.4, -0.2) is 42.1 Å². The van der Waals surface area contributed by atoms with Crippen LogP contribution in [0.1, 0.15) is 26.2 Å². The van der Waals surface area contributed by atoms with Gasteiger partial charge in [0.15, 0.2) is 11.7 Å². The molecule has 1 heterocycles. The lowest BCUT2D eigenvalue weighted by atomic mass is 10.2. The standard InChI is InChI=1S/C19H20Cl2N2O6/c1-3-27-18(25)17(19(26)28-4-2)23-15(24)7-8-16-22-10-14(29-16)12-6-5-11(20)9-13(12)21/h5-6,9-10,17H,3-4,7-8H2,1-2H3,(H,23,24). The van der Waals surface area contributed by atoms with Gasteiger partial charge < -0.3 is 19.2 Å². The molecule has 1 N–H and O–H groups in total. The molecule has 2 aromatic rings. The summed E-state index contributed by atoms with van der Waals surface area (Å²) in [5.74, 6) is -1.59. The van der Waals surface area contributed by atoms with E-state index in [-0.39, 0.29) is 26.1 Å². The molecule has 0 atom stereocenters. The van der Waals surface area contributed by atoms with Crippen LogP contribution in [0.15, 0.2) is 28.8 Å². The highest BCUT2D eigenvalue weighted by Crippen LogP contribution is 2.30. The van der Waals surface area contributed by atoms with Crippen LogP contribution in [0.2, 0.25) is 10.0 Å². The summed E-state index contributed by atoms with van der Waals surface area (Å²) < 4.78 is 15.2. The molecule has 0 bridgehead atoms. The molecule has 0 aliphatic heterocycles. The summed E-state index contributed by atoms with van der Waals surface area (Å²) in [7, 11) is 0. The van der Waals surface area contributed by atoms with Crippen LogP contribution in [0.25, 0.3) is 11.3 Å². The Morgan fingerprint density at radius 1 is 1.14 bits per heavy atom. The number of aromatic nitrogens is 1. The van der Waals surface area contributed by atoms with E-state index in [0.29, 0.717) is 27.3 Å². The van der Waals surface area contributed by atoms with Gasteiger partial charge in [0.25, 0.3) is 0 Å². The Balaban J connectivity index is 1.98. The lowest BCUT2D eigenvalue weighted by molar-refractivity contribution is -0.159. The van der Waals surface area contributed by atoms with Gasteiger partial charge in [0.2, 0.25) is 11.9 Å². The summed E-state index contributed by atoms with van der Waals surface area (Å²) >= 11 is 12.0. The first-order valence-electron chi connectivity index (χ1n) is 8.88. The molecule has 29 heavy (non-hydrogen) atoms. The van der Waals surface area contributed by atoms with Gasteiger partial charge in [-0.3, -0.25) is 4.79 Å². The smallest absolute Gasteiger partial charge is 0.340 e. The highest BCUT2D eigenvalue weighted by atomic mass is 35.5. The van der Waals surface area contributed by atoms with Crippen molar-refractivity contribution in [1.29, 1.82) is 0 Å². The van der Waals surface area contributed by atoms with Crippen molar-refractivity contribution in [2.45, 2.75) is 32.7 Å². The van der Waals surface area contributed by atoms with Gasteiger partial charge in [0, 0.05) is 23.4 Å². The van der Waals surface area contributed by atoms with Crippen LogP contribution in [0.4, 0.5) is 0 Å². The number of oxazole rings is 1. The number of hydrogen-bond acceptors (Lipinski definition) is 7. The predicted octanol–water partition coefficient (Wildman–Crippen LogP) is 3.19. The quantitative estimate of drug-likeness (QED) is 0.469. The van der Waals surface area contributed by atoms with Crippen molar-refractivity contribution in [2.24, 2.45) is 0 Å². The number of aryl methyl sites for hydroxylation is 1. The van der Waals surface area contributed by atoms with Gasteiger partial charge in [-0.2, -0.15) is 0 Å². The maximum Gasteiger partial charge on any atom is 0.340 e. The van der Waals surface area contributed by atoms with E-state index in [2.05, 4.69) is 10.3 Å². The van der Waals surface area contributed by atoms with Crippen LogP contribution < -0.4 is 5.32 Å². The normalized spacial score (nSPS) is 10.7. The monoisotopic (exact) mass is 442 g/mol. The fourth-order valence-corrected chi connectivity index (χ4v) is 2.86. The van der Waals surface area contributed by atoms with Gasteiger partial charge in [-0.1, -0.05) is 23.2 Å². The van der Waals surface area contributed by atoms with E-state index in [1.165, 1.54) is 6.20 Å². The van der Waals surface area contributed by atoms with Crippen molar-refractivity contribution >= 4 is 41.0 Å². The number of halogens is 2. The lowest BCUT2D eigenvalue weighted by Crippen LogP contribution is -2.48. The molecule has 1 aromatic carbocycles. The SMILES string of the molecule is CCOC(=O)C(NC(=O)CCc1ncc(-c2ccc(Cl)cc2Cl)o1)C(=O)OCC. The van der Waals surface area contributed by atoms with Gasteiger partial charge >= 0.3 is 11.9 Å². The van der Waals surface area contributed by atoms with Crippen LogP contribution in [0.3, 0.4) is 0 Å². The number of nitrogens with one attached hydrogen (secondary N) is 1. The fraction of sp³-hybridized carbons (Fsp3) is 0.368. The number of amides is 1. The Morgan fingerprint density at radius 2 is 1.79 bits per heavy atom. The summed E-state index contributed by atoms with van der Waals surface area (Å²) in [5, 5.41) is 3.22. The molecule has 156 valence electrons. The molecule has 0 spiro atoms. The molecule has 0 aliphatic rings. The van der Waals surface area contributed by atoms with Crippen molar-refractivity contribution in [2.75, 3.05) is 13.2 Å². The van der Waals surface area contributed by atoms with E-state index in [0.717, 1.165) is 0 Å². The Labute approximate surface area is 177 Å². The zero-order chi connectivity index (χ0) is 21.4. The van der Waals surface area contributed by atoms with Crippen molar-refractivity contribution in [1.82, 2.24) is 10.3 Å². The number of hydrogen-bond donors (Lipinski definition) is 1. The lowest BCUT2D eigenvalue weighted by Gasteiger charge is -2.15. The van der Waals surface area contributed by atoms with E-state index < -0.39 is 23.9 Å². The predicted molar refractivity (Wildman–Crippen MR) is 105 cm³/mol. The van der Waals surface area contributed by atoms with Gasteiger partial charge in [0.05, 0.1) is 24.4 Å². The Hall–Kier alpha value is -2.58. The Morgan fingerprint density at radius 3 is 2.38 bits per heavy atom. The molecular formula is C19H20Cl2N2O6. The van der Waals surface area contributed by atoms with Crippen LogP contribution in [0, 0.1) is 0 Å². The number of rotatable bonds is 9. The van der Waals surface area contributed by atoms with Crippen molar-refractivity contribution in [3.05, 3.63) is 40.3 Å². The Kier molecular flexibility index (Phi) is 8.48. The molecule has 0 unspecified atom stereocenters. The second-order valence-corrected chi connectivity index (χ2v) is 6.59. The summed E-state index contributed by atoms with van der Waals surface area (Å²) in [6.07, 6.45) is 1.57. The fourth-order valence-electron chi connectivity index (χ4n) is 2.36. The molecule has 0 aliphatic carbocycles. The summed E-state index contributed by atoms with van der Waals surface area (Å²) in [4.78, 5) is 40.1. The second kappa shape index (κ2) is 10.8. The molecule has 0 radical (unpaired) electrons. The minimum atomic E-state index is -1.52. The molecule has 0 saturated carbocycles. The van der Waals surface area contributed by atoms with Crippen LogP contribution >= 0.6 is 23.2 Å². The van der Waals surface area contributed by atoms with Crippen LogP contribution in [-0.2, 0) is 30.3 Å². The molecule has 0 fully saturated rings. The van der Waals surface area contributed by atoms with Gasteiger partial charge in [0.1, 0.15) is 0 Å². The minimum Gasteiger partial charge on any atom is -0.464 e. The Bertz CT molecular complexity index is 865. The van der Waals surface area contributed by atoms with E-state index in [1.807, 2.05) is 0 Å². The number of esters is 2. The topological polar surface area (TPSA) is 108 Å². The number of carbonyl (C=O) groups excluding carboxylic acids is 3. The number of nitrogens with zero attached hydrogens (tertiary/aromatic N) is 1. The molecular weight excluding hydrogens is 423 g/mol. The summed E-state index contributed by atoms with van der Waals surface area (Å²) in [5.41, 5.74) is 0.615. The van der Waals surface area contributed by atoms with Crippen molar-refractivity contribution < 1.29 is 28.3 Å². The van der Waals surface area contributed by atoms with E-state index in [4.69, 9.17) is 37.1 Å². The van der Waals surface area contributed by atoms with Crippen molar-refractivity contribution in [3.8, 4) is 11.3 Å². The summed E-state index contributed by atoms with van der Waals surface area (Å²) in [6.45, 7) is 3.32. The highest BCUT2D eigenvalue weighted by Gasteiger charge is 2.31. The van der Waals surface area contributed by atoms with E-state index in [1.54, 1.807) is 32.0 Å². The second-order valence-electron chi connectivity index (χ2n) is 5.75. The minimum absolute atomic E-state index is 0.0659. The maximum absolute atomic E-state index is 12.2.